The smallest absolute Gasteiger partial charge is 0.291 e. The van der Waals surface area contributed by atoms with E-state index in [-0.39, 0.29) is 18.3 Å². The van der Waals surface area contributed by atoms with Crippen molar-refractivity contribution in [3.63, 3.8) is 0 Å². The van der Waals surface area contributed by atoms with Crippen LogP contribution < -0.4 is 10.1 Å². The predicted molar refractivity (Wildman–Crippen MR) is 96.4 cm³/mol. The van der Waals surface area contributed by atoms with Gasteiger partial charge in [0.05, 0.1) is 23.1 Å². The highest BCUT2D eigenvalue weighted by molar-refractivity contribution is 6.32. The number of aromatic nitrogens is 2. The average Bonchev–Trinajstić information content (AvgIpc) is 3.24. The van der Waals surface area contributed by atoms with E-state index in [0.717, 1.165) is 5.56 Å². The van der Waals surface area contributed by atoms with Gasteiger partial charge in [0.1, 0.15) is 24.8 Å². The first kappa shape index (κ1) is 18.0. The number of para-hydroxylation sites is 1. The van der Waals surface area contributed by atoms with E-state index < -0.39 is 0 Å². The van der Waals surface area contributed by atoms with Crippen LogP contribution in [0, 0.1) is 6.92 Å². The molecule has 1 aromatic carbocycles. The van der Waals surface area contributed by atoms with E-state index in [1.165, 1.54) is 6.20 Å². The Bertz CT molecular complexity index is 883. The number of aryl methyl sites for hydroxylation is 1. The first-order valence-corrected chi connectivity index (χ1v) is 8.24. The Labute approximate surface area is 155 Å². The summed E-state index contributed by atoms with van der Waals surface area (Å²) in [5, 5.41) is 7.29. The lowest BCUT2D eigenvalue weighted by Gasteiger charge is -2.09. The molecule has 0 radical (unpaired) electrons. The van der Waals surface area contributed by atoms with Gasteiger partial charge in [-0.25, -0.2) is 4.68 Å². The molecule has 1 amide bonds. The van der Waals surface area contributed by atoms with Gasteiger partial charge in [0, 0.05) is 7.11 Å². The number of nitrogens with one attached hydrogen (secondary N) is 1. The quantitative estimate of drug-likeness (QED) is 0.678. The van der Waals surface area contributed by atoms with Crippen LogP contribution in [-0.2, 0) is 18.1 Å². The molecule has 1 N–H and O–H groups in total. The zero-order chi connectivity index (χ0) is 18.5. The molecule has 26 heavy (non-hydrogen) atoms. The highest BCUT2D eigenvalue weighted by atomic mass is 35.5. The zero-order valence-electron chi connectivity index (χ0n) is 14.4. The molecule has 0 unspecified atom stereocenters. The zero-order valence-corrected chi connectivity index (χ0v) is 15.1. The summed E-state index contributed by atoms with van der Waals surface area (Å²) in [6, 6.07) is 8.80. The van der Waals surface area contributed by atoms with E-state index in [9.17, 15) is 4.79 Å². The predicted octanol–water partition coefficient (Wildman–Crippen LogP) is 3.87. The van der Waals surface area contributed by atoms with Crippen molar-refractivity contribution in [2.24, 2.45) is 0 Å². The maximum Gasteiger partial charge on any atom is 0.291 e. The number of hydrogen-bond donors (Lipinski definition) is 1. The van der Waals surface area contributed by atoms with Crippen LogP contribution in [0.3, 0.4) is 0 Å². The van der Waals surface area contributed by atoms with Crippen molar-refractivity contribution in [3.8, 4) is 5.75 Å². The molecule has 0 atom stereocenters. The van der Waals surface area contributed by atoms with Crippen molar-refractivity contribution in [1.82, 2.24) is 9.78 Å². The molecule has 2 heterocycles. The molecule has 8 heteroatoms. The van der Waals surface area contributed by atoms with Gasteiger partial charge >= 0.3 is 0 Å². The molecule has 136 valence electrons. The molecular formula is C18H18ClN3O4. The first-order valence-electron chi connectivity index (χ1n) is 7.86. The summed E-state index contributed by atoms with van der Waals surface area (Å²) in [7, 11) is 1.57. The Morgan fingerprint density at radius 2 is 2.19 bits per heavy atom. The number of halogens is 1. The normalized spacial score (nSPS) is 10.7. The number of nitrogens with zero attached hydrogens (tertiary/aromatic N) is 2. The number of hydrogen-bond acceptors (Lipinski definition) is 5. The standard InChI is InChI=1S/C18H18ClN3O4/c1-12-4-3-5-15(19)17(12)25-10-14-6-7-16(26-14)18(23)21-13-8-20-22(9-13)11-24-2/h3-9H,10-11H2,1-2H3,(H,21,23). The van der Waals surface area contributed by atoms with Gasteiger partial charge in [0.2, 0.25) is 0 Å². The minimum atomic E-state index is -0.373. The lowest BCUT2D eigenvalue weighted by Crippen LogP contribution is -2.10. The molecule has 0 spiro atoms. The lowest BCUT2D eigenvalue weighted by molar-refractivity contribution is 0.0992. The average molecular weight is 376 g/mol. The van der Waals surface area contributed by atoms with Gasteiger partial charge in [-0.15, -0.1) is 0 Å². The van der Waals surface area contributed by atoms with E-state index in [1.807, 2.05) is 19.1 Å². The molecule has 0 saturated carbocycles. The van der Waals surface area contributed by atoms with Gasteiger partial charge in [-0.1, -0.05) is 23.7 Å². The largest absolute Gasteiger partial charge is 0.484 e. The number of anilines is 1. The van der Waals surface area contributed by atoms with Crippen LogP contribution in [0.1, 0.15) is 21.9 Å². The Hall–Kier alpha value is -2.77. The Balaban J connectivity index is 1.60. The van der Waals surface area contributed by atoms with E-state index in [2.05, 4.69) is 10.4 Å². The van der Waals surface area contributed by atoms with Crippen molar-refractivity contribution >= 4 is 23.2 Å². The van der Waals surface area contributed by atoms with Crippen LogP contribution >= 0.6 is 11.6 Å². The van der Waals surface area contributed by atoms with E-state index in [1.54, 1.807) is 36.2 Å². The molecule has 3 aromatic rings. The molecule has 0 fully saturated rings. The van der Waals surface area contributed by atoms with Crippen LogP contribution in [0.25, 0.3) is 0 Å². The third-order valence-corrected chi connectivity index (χ3v) is 3.86. The lowest BCUT2D eigenvalue weighted by atomic mass is 10.2. The van der Waals surface area contributed by atoms with Crippen molar-refractivity contribution < 1.29 is 18.7 Å². The molecule has 2 aromatic heterocycles. The second kappa shape index (κ2) is 8.07. The number of methoxy groups -OCH3 is 1. The highest BCUT2D eigenvalue weighted by Gasteiger charge is 2.14. The SMILES string of the molecule is COCn1cc(NC(=O)c2ccc(COc3c(C)cccc3Cl)o2)cn1. The minimum absolute atomic E-state index is 0.170. The molecule has 0 aliphatic rings. The van der Waals surface area contributed by atoms with Gasteiger partial charge in [-0.3, -0.25) is 4.79 Å². The van der Waals surface area contributed by atoms with Crippen LogP contribution in [0.4, 0.5) is 5.69 Å². The van der Waals surface area contributed by atoms with Crippen molar-refractivity contribution in [2.75, 3.05) is 12.4 Å². The third-order valence-electron chi connectivity index (χ3n) is 3.56. The first-order chi connectivity index (χ1) is 12.6. The summed E-state index contributed by atoms with van der Waals surface area (Å²) < 4.78 is 17.8. The summed E-state index contributed by atoms with van der Waals surface area (Å²) in [5.74, 6) is 0.924. The fourth-order valence-corrected chi connectivity index (χ4v) is 2.62. The van der Waals surface area contributed by atoms with E-state index >= 15 is 0 Å². The summed E-state index contributed by atoms with van der Waals surface area (Å²) in [4.78, 5) is 12.2. The van der Waals surface area contributed by atoms with Gasteiger partial charge in [-0.2, -0.15) is 5.10 Å². The summed E-state index contributed by atoms with van der Waals surface area (Å²) in [5.41, 5.74) is 1.48. The van der Waals surface area contributed by atoms with Gasteiger partial charge in [-0.05, 0) is 30.7 Å². The molecular weight excluding hydrogens is 358 g/mol. The number of furan rings is 1. The number of carbonyl (C=O) groups is 1. The number of ether oxygens (including phenoxy) is 2. The van der Waals surface area contributed by atoms with E-state index in [4.69, 9.17) is 25.5 Å². The monoisotopic (exact) mass is 375 g/mol. The summed E-state index contributed by atoms with van der Waals surface area (Å²) in [6.45, 7) is 2.38. The number of benzene rings is 1. The second-order valence-electron chi connectivity index (χ2n) is 5.58. The topological polar surface area (TPSA) is 78.5 Å². The van der Waals surface area contributed by atoms with Gasteiger partial charge in [0.25, 0.3) is 5.91 Å². The highest BCUT2D eigenvalue weighted by Crippen LogP contribution is 2.28. The third kappa shape index (κ3) is 4.25. The second-order valence-corrected chi connectivity index (χ2v) is 5.99. The van der Waals surface area contributed by atoms with Crippen LogP contribution in [-0.4, -0.2) is 22.8 Å². The summed E-state index contributed by atoms with van der Waals surface area (Å²) >= 11 is 6.13. The molecule has 0 bridgehead atoms. The fraction of sp³-hybridized carbons (Fsp3) is 0.222. The Morgan fingerprint density at radius 3 is 2.96 bits per heavy atom. The fourth-order valence-electron chi connectivity index (χ4n) is 2.34. The Morgan fingerprint density at radius 1 is 1.35 bits per heavy atom. The maximum atomic E-state index is 12.2. The number of rotatable bonds is 7. The minimum Gasteiger partial charge on any atom is -0.484 e. The molecule has 0 saturated heterocycles. The van der Waals surface area contributed by atoms with Crippen molar-refractivity contribution in [3.05, 3.63) is 64.8 Å². The van der Waals surface area contributed by atoms with E-state index in [0.29, 0.717) is 29.0 Å². The number of amides is 1. The molecule has 7 nitrogen and oxygen atoms in total. The van der Waals surface area contributed by atoms with Crippen molar-refractivity contribution in [1.29, 1.82) is 0 Å². The van der Waals surface area contributed by atoms with Crippen LogP contribution in [0.15, 0.2) is 47.1 Å². The Kier molecular flexibility index (Phi) is 5.60. The molecule has 0 aliphatic carbocycles. The molecule has 3 rings (SSSR count). The van der Waals surface area contributed by atoms with Crippen LogP contribution in [0.5, 0.6) is 5.75 Å². The number of carbonyl (C=O) groups excluding carboxylic acids is 1. The van der Waals surface area contributed by atoms with Crippen LogP contribution in [0.2, 0.25) is 5.02 Å². The maximum absolute atomic E-state index is 12.2. The van der Waals surface area contributed by atoms with Gasteiger partial charge in [0.15, 0.2) is 5.76 Å². The molecule has 0 aliphatic heterocycles. The summed E-state index contributed by atoms with van der Waals surface area (Å²) in [6.07, 6.45) is 3.19. The van der Waals surface area contributed by atoms with Gasteiger partial charge < -0.3 is 19.2 Å². The van der Waals surface area contributed by atoms with Crippen molar-refractivity contribution in [2.45, 2.75) is 20.3 Å².